The van der Waals surface area contributed by atoms with Gasteiger partial charge < -0.3 is 15.4 Å². The van der Waals surface area contributed by atoms with E-state index in [4.69, 9.17) is 0 Å². The molecule has 5 atom stereocenters. The molecule has 0 spiro atoms. The second kappa shape index (κ2) is 5.28. The quantitative estimate of drug-likeness (QED) is 0.657. The monoisotopic (exact) mass is 365 g/mol. The van der Waals surface area contributed by atoms with Crippen LogP contribution in [0.1, 0.15) is 32.1 Å². The molecule has 8 heteroatoms. The van der Waals surface area contributed by atoms with Crippen LogP contribution in [0.25, 0.3) is 22.4 Å². The van der Waals surface area contributed by atoms with Gasteiger partial charge in [0.25, 0.3) is 0 Å². The summed E-state index contributed by atoms with van der Waals surface area (Å²) >= 11 is 0. The highest BCUT2D eigenvalue weighted by Gasteiger charge is 2.54. The fourth-order valence-corrected chi connectivity index (χ4v) is 6.17. The van der Waals surface area contributed by atoms with Crippen LogP contribution in [0.15, 0.2) is 18.5 Å². The van der Waals surface area contributed by atoms with Gasteiger partial charge in [0, 0.05) is 30.9 Å². The number of nitrogens with zero attached hydrogens (tertiary/aromatic N) is 5. The third-order valence-corrected chi connectivity index (χ3v) is 7.00. The van der Waals surface area contributed by atoms with Crippen molar-refractivity contribution in [2.75, 3.05) is 5.32 Å². The molecule has 0 saturated heterocycles. The Hall–Kier alpha value is -2.48. The highest BCUT2D eigenvalue weighted by Crippen LogP contribution is 2.56. The molecule has 0 aliphatic heterocycles. The molecule has 4 bridgehead atoms. The number of hydrogen-bond acceptors (Lipinski definition) is 6. The van der Waals surface area contributed by atoms with E-state index in [-0.39, 0.29) is 0 Å². The van der Waals surface area contributed by atoms with Crippen LogP contribution in [0, 0.1) is 17.8 Å². The second-order valence-corrected chi connectivity index (χ2v) is 8.78. The van der Waals surface area contributed by atoms with E-state index in [9.17, 15) is 5.11 Å². The molecule has 7 rings (SSSR count). The maximum absolute atomic E-state index is 10.9. The number of aromatic amines is 1. The Labute approximate surface area is 156 Å². The van der Waals surface area contributed by atoms with Crippen LogP contribution >= 0.6 is 0 Å². The molecule has 4 saturated carbocycles. The Kier molecular flexibility index (Phi) is 3.05. The number of aromatic nitrogens is 6. The molecule has 27 heavy (non-hydrogen) atoms. The number of pyridine rings is 1. The van der Waals surface area contributed by atoms with Crippen LogP contribution in [0.4, 0.5) is 5.69 Å². The van der Waals surface area contributed by atoms with E-state index in [1.54, 1.807) is 4.68 Å². The van der Waals surface area contributed by atoms with Gasteiger partial charge in [-0.1, -0.05) is 0 Å². The first kappa shape index (κ1) is 15.6. The summed E-state index contributed by atoms with van der Waals surface area (Å²) in [6.45, 7) is 0. The number of aryl methyl sites for hydroxylation is 1. The van der Waals surface area contributed by atoms with E-state index >= 15 is 0 Å². The first-order valence-electron chi connectivity index (χ1n) is 9.77. The normalized spacial score (nSPS) is 34.4. The lowest BCUT2D eigenvalue weighted by molar-refractivity contribution is -0.129. The zero-order chi connectivity index (χ0) is 18.2. The Balaban J connectivity index is 1.44. The predicted molar refractivity (Wildman–Crippen MR) is 99.8 cm³/mol. The van der Waals surface area contributed by atoms with Gasteiger partial charge in [-0.2, -0.15) is 0 Å². The van der Waals surface area contributed by atoms with Gasteiger partial charge in [-0.25, -0.2) is 9.67 Å². The third kappa shape index (κ3) is 2.25. The maximum atomic E-state index is 10.9. The van der Waals surface area contributed by atoms with Crippen LogP contribution < -0.4 is 5.32 Å². The van der Waals surface area contributed by atoms with Gasteiger partial charge in [-0.3, -0.25) is 0 Å². The number of tetrazole rings is 1. The number of H-pyrrole nitrogens is 1. The fourth-order valence-electron chi connectivity index (χ4n) is 6.17. The lowest BCUT2D eigenvalue weighted by Crippen LogP contribution is -2.59. The molecule has 3 heterocycles. The van der Waals surface area contributed by atoms with E-state index in [0.717, 1.165) is 41.5 Å². The standard InChI is InChI=1S/C19H23N7O/c1-26-18(23-24-25-26)14-9-21-17-13(2-3-20-17)16(14)22-15-11-4-10-5-12(15)8-19(27,6-10)7-11/h2-3,9-12,15,27H,4-8H2,1H3,(H2,20,21,22)/t10?,11-,12+,15?,19?. The van der Waals surface area contributed by atoms with E-state index in [0.29, 0.717) is 29.6 Å². The van der Waals surface area contributed by atoms with Gasteiger partial charge >= 0.3 is 0 Å². The Morgan fingerprint density at radius 3 is 2.78 bits per heavy atom. The average Bonchev–Trinajstić information content (AvgIpc) is 3.25. The topological polar surface area (TPSA) is 105 Å². The molecule has 3 aromatic heterocycles. The van der Waals surface area contributed by atoms with Crippen molar-refractivity contribution in [3.63, 3.8) is 0 Å². The fraction of sp³-hybridized carbons (Fsp3) is 0.579. The van der Waals surface area contributed by atoms with Gasteiger partial charge in [0.15, 0.2) is 5.82 Å². The molecular weight excluding hydrogens is 342 g/mol. The number of aliphatic hydroxyl groups is 1. The molecule has 3 aromatic rings. The number of anilines is 1. The number of hydrogen-bond donors (Lipinski definition) is 3. The molecule has 140 valence electrons. The van der Waals surface area contributed by atoms with Crippen LogP contribution in [0.2, 0.25) is 0 Å². The number of nitrogens with one attached hydrogen (secondary N) is 2. The molecule has 0 aromatic carbocycles. The molecule has 3 N–H and O–H groups in total. The molecule has 0 radical (unpaired) electrons. The van der Waals surface area contributed by atoms with Crippen molar-refractivity contribution in [3.05, 3.63) is 18.5 Å². The van der Waals surface area contributed by atoms with Crippen molar-refractivity contribution in [2.45, 2.75) is 43.7 Å². The summed E-state index contributed by atoms with van der Waals surface area (Å²) in [5.74, 6) is 2.44. The van der Waals surface area contributed by atoms with E-state index < -0.39 is 5.60 Å². The van der Waals surface area contributed by atoms with Crippen LogP contribution in [0.5, 0.6) is 0 Å². The molecule has 4 aliphatic rings. The molecule has 8 nitrogen and oxygen atoms in total. The summed E-state index contributed by atoms with van der Waals surface area (Å²) in [7, 11) is 1.85. The molecule has 0 amide bonds. The minimum atomic E-state index is -0.424. The summed E-state index contributed by atoms with van der Waals surface area (Å²) in [6.07, 6.45) is 9.04. The Bertz CT molecular complexity index is 1010. The van der Waals surface area contributed by atoms with Crippen molar-refractivity contribution in [2.24, 2.45) is 24.8 Å². The molecule has 4 aliphatic carbocycles. The van der Waals surface area contributed by atoms with Crippen molar-refractivity contribution < 1.29 is 5.11 Å². The highest BCUT2D eigenvalue weighted by atomic mass is 16.3. The SMILES string of the molecule is Cn1nnnc1-c1cnc2[nH]ccc2c1NC1[C@@H]2CC3C[C@H]1CC(O)(C3)C2. The predicted octanol–water partition coefficient (Wildman–Crippen LogP) is 2.10. The van der Waals surface area contributed by atoms with Crippen LogP contribution in [0.3, 0.4) is 0 Å². The summed E-state index contributed by atoms with van der Waals surface area (Å²) in [4.78, 5) is 7.76. The Morgan fingerprint density at radius 1 is 1.26 bits per heavy atom. The van der Waals surface area contributed by atoms with Gasteiger partial charge in [0.05, 0.1) is 16.9 Å². The third-order valence-electron chi connectivity index (χ3n) is 7.00. The van der Waals surface area contributed by atoms with E-state index in [2.05, 4.69) is 36.9 Å². The van der Waals surface area contributed by atoms with Gasteiger partial charge in [0.2, 0.25) is 0 Å². The first-order valence-corrected chi connectivity index (χ1v) is 9.77. The second-order valence-electron chi connectivity index (χ2n) is 8.78. The zero-order valence-electron chi connectivity index (χ0n) is 15.3. The highest BCUT2D eigenvalue weighted by molar-refractivity contribution is 5.97. The van der Waals surface area contributed by atoms with E-state index in [1.165, 1.54) is 12.8 Å². The van der Waals surface area contributed by atoms with Crippen molar-refractivity contribution >= 4 is 16.7 Å². The lowest BCUT2D eigenvalue weighted by atomic mass is 9.52. The van der Waals surface area contributed by atoms with Crippen molar-refractivity contribution in [1.82, 2.24) is 30.2 Å². The van der Waals surface area contributed by atoms with E-state index in [1.807, 2.05) is 19.4 Å². The van der Waals surface area contributed by atoms with Gasteiger partial charge in [0.1, 0.15) is 5.65 Å². The Morgan fingerprint density at radius 2 is 2.07 bits per heavy atom. The van der Waals surface area contributed by atoms with Gasteiger partial charge in [-0.05, 0) is 66.4 Å². The first-order chi connectivity index (χ1) is 13.1. The number of fused-ring (bicyclic) bond motifs is 1. The average molecular weight is 365 g/mol. The van der Waals surface area contributed by atoms with Crippen molar-refractivity contribution in [1.29, 1.82) is 0 Å². The summed E-state index contributed by atoms with van der Waals surface area (Å²) in [5, 5.41) is 27.8. The smallest absolute Gasteiger partial charge is 0.185 e. The summed E-state index contributed by atoms with van der Waals surface area (Å²) in [6, 6.07) is 2.43. The summed E-state index contributed by atoms with van der Waals surface area (Å²) in [5.41, 5.74) is 2.40. The van der Waals surface area contributed by atoms with Gasteiger partial charge in [-0.15, -0.1) is 5.10 Å². The summed E-state index contributed by atoms with van der Waals surface area (Å²) < 4.78 is 1.68. The van der Waals surface area contributed by atoms with Crippen LogP contribution in [-0.2, 0) is 7.05 Å². The van der Waals surface area contributed by atoms with Crippen molar-refractivity contribution in [3.8, 4) is 11.4 Å². The maximum Gasteiger partial charge on any atom is 0.185 e. The lowest BCUT2D eigenvalue weighted by Gasteiger charge is -2.58. The molecule has 4 fully saturated rings. The van der Waals surface area contributed by atoms with Crippen LogP contribution in [-0.4, -0.2) is 46.9 Å². The minimum Gasteiger partial charge on any atom is -0.390 e. The molecule has 3 unspecified atom stereocenters. The minimum absolute atomic E-state index is 0.377. The molecular formula is C19H23N7O. The zero-order valence-corrected chi connectivity index (χ0v) is 15.3. The largest absolute Gasteiger partial charge is 0.390 e. The number of rotatable bonds is 3.